The predicted octanol–water partition coefficient (Wildman–Crippen LogP) is 0.520. The fourth-order valence-electron chi connectivity index (χ4n) is 3.24. The third kappa shape index (κ3) is 1.58. The Hall–Kier alpha value is -1.33. The van der Waals surface area contributed by atoms with E-state index in [1.165, 1.54) is 6.42 Å². The summed E-state index contributed by atoms with van der Waals surface area (Å²) in [5, 5.41) is 21.4. The number of carbonyl (C=O) groups is 1. The summed E-state index contributed by atoms with van der Waals surface area (Å²) >= 11 is 0. The molecule has 1 spiro atoms. The highest BCUT2D eigenvalue weighted by Crippen LogP contribution is 2.46. The number of fused-ring (bicyclic) bond motifs is 2. The lowest BCUT2D eigenvalue weighted by molar-refractivity contribution is -0.121. The van der Waals surface area contributed by atoms with E-state index in [1.54, 1.807) is 18.2 Å². The molecule has 0 radical (unpaired) electrons. The van der Waals surface area contributed by atoms with Crippen LogP contribution in [0, 0.1) is 0 Å². The van der Waals surface area contributed by atoms with Gasteiger partial charge in [0.1, 0.15) is 0 Å². The second-order valence-electron chi connectivity index (χ2n) is 5.28. The molecular formula is C13H16BNO3. The molecule has 1 aliphatic heterocycles. The van der Waals surface area contributed by atoms with Crippen LogP contribution in [0.5, 0.6) is 0 Å². The molecule has 4 nitrogen and oxygen atoms in total. The highest BCUT2D eigenvalue weighted by atomic mass is 16.4. The van der Waals surface area contributed by atoms with Gasteiger partial charge in [-0.05, 0) is 29.9 Å². The number of rotatable bonds is 1. The number of benzene rings is 1. The van der Waals surface area contributed by atoms with Gasteiger partial charge in [0, 0.05) is 5.69 Å². The zero-order valence-electron chi connectivity index (χ0n) is 10.1. The highest BCUT2D eigenvalue weighted by Gasteiger charge is 2.47. The Morgan fingerprint density at radius 3 is 2.56 bits per heavy atom. The lowest BCUT2D eigenvalue weighted by Crippen LogP contribution is -2.37. The van der Waals surface area contributed by atoms with Gasteiger partial charge in [0.2, 0.25) is 5.91 Å². The summed E-state index contributed by atoms with van der Waals surface area (Å²) in [5.74, 6) is 0.0711. The SMILES string of the molecule is O=C1Nc2ccc(B(O)O)cc2C12CCCCC2. The van der Waals surface area contributed by atoms with E-state index in [4.69, 9.17) is 0 Å². The highest BCUT2D eigenvalue weighted by molar-refractivity contribution is 6.58. The molecule has 1 aliphatic carbocycles. The Labute approximate surface area is 106 Å². The summed E-state index contributed by atoms with van der Waals surface area (Å²) in [6.45, 7) is 0. The van der Waals surface area contributed by atoms with E-state index >= 15 is 0 Å². The van der Waals surface area contributed by atoms with Gasteiger partial charge in [-0.1, -0.05) is 31.4 Å². The van der Waals surface area contributed by atoms with Crippen molar-refractivity contribution in [3.63, 3.8) is 0 Å². The van der Waals surface area contributed by atoms with Crippen molar-refractivity contribution < 1.29 is 14.8 Å². The van der Waals surface area contributed by atoms with E-state index < -0.39 is 12.5 Å². The Morgan fingerprint density at radius 1 is 1.17 bits per heavy atom. The average Bonchev–Trinajstić information content (AvgIpc) is 2.63. The van der Waals surface area contributed by atoms with Crippen molar-refractivity contribution in [2.24, 2.45) is 0 Å². The first-order valence-electron chi connectivity index (χ1n) is 6.45. The molecule has 3 N–H and O–H groups in total. The van der Waals surface area contributed by atoms with E-state index in [1.807, 2.05) is 0 Å². The molecule has 1 amide bonds. The second-order valence-corrected chi connectivity index (χ2v) is 5.28. The van der Waals surface area contributed by atoms with Gasteiger partial charge in [0.15, 0.2) is 0 Å². The minimum absolute atomic E-state index is 0.0711. The van der Waals surface area contributed by atoms with Gasteiger partial charge in [0.05, 0.1) is 5.41 Å². The molecule has 1 fully saturated rings. The molecule has 1 saturated carbocycles. The number of anilines is 1. The summed E-state index contributed by atoms with van der Waals surface area (Å²) in [6, 6.07) is 5.18. The Bertz CT molecular complexity index is 495. The number of nitrogens with one attached hydrogen (secondary N) is 1. The number of hydrogen-bond acceptors (Lipinski definition) is 3. The van der Waals surface area contributed by atoms with Crippen LogP contribution in [0.1, 0.15) is 37.7 Å². The van der Waals surface area contributed by atoms with Crippen LogP contribution in [-0.2, 0) is 10.2 Å². The van der Waals surface area contributed by atoms with E-state index in [-0.39, 0.29) is 5.91 Å². The summed E-state index contributed by atoms with van der Waals surface area (Å²) in [5.41, 5.74) is 1.79. The van der Waals surface area contributed by atoms with Crippen LogP contribution in [0.25, 0.3) is 0 Å². The maximum Gasteiger partial charge on any atom is 0.488 e. The Morgan fingerprint density at radius 2 is 1.89 bits per heavy atom. The van der Waals surface area contributed by atoms with E-state index in [9.17, 15) is 14.8 Å². The van der Waals surface area contributed by atoms with Crippen LogP contribution >= 0.6 is 0 Å². The van der Waals surface area contributed by atoms with Gasteiger partial charge in [-0.15, -0.1) is 0 Å². The number of hydrogen-bond donors (Lipinski definition) is 3. The maximum absolute atomic E-state index is 12.3. The first kappa shape index (κ1) is 11.7. The molecule has 0 aromatic heterocycles. The molecule has 1 aromatic rings. The van der Waals surface area contributed by atoms with Crippen molar-refractivity contribution >= 4 is 24.2 Å². The van der Waals surface area contributed by atoms with Crippen molar-refractivity contribution in [2.45, 2.75) is 37.5 Å². The van der Waals surface area contributed by atoms with Gasteiger partial charge in [0.25, 0.3) is 0 Å². The molecule has 0 saturated heterocycles. The Balaban J connectivity index is 2.09. The molecule has 1 aromatic carbocycles. The first-order valence-corrected chi connectivity index (χ1v) is 6.45. The molecule has 1 heterocycles. The van der Waals surface area contributed by atoms with E-state index in [2.05, 4.69) is 5.32 Å². The van der Waals surface area contributed by atoms with Gasteiger partial charge in [-0.2, -0.15) is 0 Å². The van der Waals surface area contributed by atoms with Crippen LogP contribution < -0.4 is 10.8 Å². The molecule has 0 bridgehead atoms. The second kappa shape index (κ2) is 4.11. The van der Waals surface area contributed by atoms with Crippen LogP contribution in [0.4, 0.5) is 5.69 Å². The van der Waals surface area contributed by atoms with Gasteiger partial charge < -0.3 is 15.4 Å². The summed E-state index contributed by atoms with van der Waals surface area (Å²) in [4.78, 5) is 12.3. The standard InChI is InChI=1S/C13H16BNO3/c16-12-13(6-2-1-3-7-13)10-8-9(14(17)18)4-5-11(10)15-12/h4-5,8,17-18H,1-3,6-7H2,(H,15,16). The molecule has 94 valence electrons. The van der Waals surface area contributed by atoms with Gasteiger partial charge in [-0.25, -0.2) is 0 Å². The molecule has 18 heavy (non-hydrogen) atoms. The number of carbonyl (C=O) groups excluding carboxylic acids is 1. The summed E-state index contributed by atoms with van der Waals surface area (Å²) in [7, 11) is -1.48. The molecule has 5 heteroatoms. The van der Waals surface area contributed by atoms with Crippen LogP contribution in [0.2, 0.25) is 0 Å². The fourth-order valence-corrected chi connectivity index (χ4v) is 3.24. The zero-order chi connectivity index (χ0) is 12.8. The van der Waals surface area contributed by atoms with Crippen LogP contribution in [-0.4, -0.2) is 23.1 Å². The van der Waals surface area contributed by atoms with Crippen molar-refractivity contribution in [3.05, 3.63) is 23.8 Å². The first-order chi connectivity index (χ1) is 8.63. The fraction of sp³-hybridized carbons (Fsp3) is 0.462. The Kier molecular flexibility index (Phi) is 2.68. The molecular weight excluding hydrogens is 229 g/mol. The van der Waals surface area contributed by atoms with Crippen molar-refractivity contribution in [1.29, 1.82) is 0 Å². The zero-order valence-corrected chi connectivity index (χ0v) is 10.1. The van der Waals surface area contributed by atoms with Crippen molar-refractivity contribution in [1.82, 2.24) is 0 Å². The summed E-state index contributed by atoms with van der Waals surface area (Å²) in [6.07, 6.45) is 5.00. The quantitative estimate of drug-likeness (QED) is 0.632. The molecule has 0 unspecified atom stereocenters. The molecule has 3 rings (SSSR count). The average molecular weight is 245 g/mol. The third-order valence-electron chi connectivity index (χ3n) is 4.25. The third-order valence-corrected chi connectivity index (χ3v) is 4.25. The maximum atomic E-state index is 12.3. The van der Waals surface area contributed by atoms with Gasteiger partial charge in [-0.3, -0.25) is 4.79 Å². The molecule has 0 atom stereocenters. The van der Waals surface area contributed by atoms with Crippen LogP contribution in [0.3, 0.4) is 0 Å². The predicted molar refractivity (Wildman–Crippen MR) is 69.7 cm³/mol. The largest absolute Gasteiger partial charge is 0.488 e. The van der Waals surface area contributed by atoms with Gasteiger partial charge >= 0.3 is 7.12 Å². The van der Waals surface area contributed by atoms with Crippen molar-refractivity contribution in [2.75, 3.05) is 5.32 Å². The lowest BCUT2D eigenvalue weighted by atomic mass is 9.68. The minimum Gasteiger partial charge on any atom is -0.423 e. The normalized spacial score (nSPS) is 20.7. The molecule has 2 aliphatic rings. The van der Waals surface area contributed by atoms with Crippen molar-refractivity contribution in [3.8, 4) is 0 Å². The van der Waals surface area contributed by atoms with E-state index in [0.717, 1.165) is 36.9 Å². The monoisotopic (exact) mass is 245 g/mol. The minimum atomic E-state index is -1.48. The lowest BCUT2D eigenvalue weighted by Gasteiger charge is -2.31. The number of amides is 1. The van der Waals surface area contributed by atoms with E-state index in [0.29, 0.717) is 5.46 Å². The van der Waals surface area contributed by atoms with Crippen LogP contribution in [0.15, 0.2) is 18.2 Å². The summed E-state index contributed by atoms with van der Waals surface area (Å²) < 4.78 is 0. The topological polar surface area (TPSA) is 69.6 Å². The smallest absolute Gasteiger partial charge is 0.423 e.